The molecule has 180 valence electrons. The molecule has 1 aliphatic heterocycles. The molecule has 35 heavy (non-hydrogen) atoms. The number of aromatic nitrogens is 1. The van der Waals surface area contributed by atoms with Crippen molar-refractivity contribution in [2.75, 3.05) is 25.0 Å². The highest BCUT2D eigenvalue weighted by Crippen LogP contribution is 2.45. The third kappa shape index (κ3) is 5.14. The van der Waals surface area contributed by atoms with Crippen LogP contribution in [0, 0.1) is 0 Å². The molecule has 0 atom stereocenters. The van der Waals surface area contributed by atoms with Gasteiger partial charge in [0.15, 0.2) is 0 Å². The summed E-state index contributed by atoms with van der Waals surface area (Å²) in [7, 11) is 0. The van der Waals surface area contributed by atoms with Gasteiger partial charge in [0.25, 0.3) is 0 Å². The van der Waals surface area contributed by atoms with Crippen molar-refractivity contribution in [3.05, 3.63) is 70.6 Å². The summed E-state index contributed by atoms with van der Waals surface area (Å²) >= 11 is 3.08. The van der Waals surface area contributed by atoms with E-state index in [1.54, 1.807) is 16.2 Å². The Morgan fingerprint density at radius 2 is 1.89 bits per heavy atom. The molecule has 0 bridgehead atoms. The van der Waals surface area contributed by atoms with Crippen LogP contribution in [0.2, 0.25) is 0 Å². The van der Waals surface area contributed by atoms with Crippen molar-refractivity contribution in [3.63, 3.8) is 0 Å². The zero-order chi connectivity index (χ0) is 24.2. The van der Waals surface area contributed by atoms with E-state index in [-0.39, 0.29) is 18.7 Å². The van der Waals surface area contributed by atoms with Crippen molar-refractivity contribution in [3.8, 4) is 10.6 Å². The van der Waals surface area contributed by atoms with Crippen molar-refractivity contribution < 1.29 is 14.3 Å². The predicted octanol–water partition coefficient (Wildman–Crippen LogP) is 4.80. The van der Waals surface area contributed by atoms with Crippen molar-refractivity contribution in [1.29, 1.82) is 0 Å². The van der Waals surface area contributed by atoms with Gasteiger partial charge in [-0.2, -0.15) is 0 Å². The fourth-order valence-corrected chi connectivity index (χ4v) is 6.37. The van der Waals surface area contributed by atoms with Crippen molar-refractivity contribution >= 4 is 50.0 Å². The van der Waals surface area contributed by atoms with E-state index in [1.165, 1.54) is 11.3 Å². The highest BCUT2D eigenvalue weighted by molar-refractivity contribution is 7.22. The molecule has 1 aliphatic rings. The summed E-state index contributed by atoms with van der Waals surface area (Å²) in [5, 5.41) is 7.32. The normalized spacial score (nSPS) is 12.9. The number of ether oxygens (including phenoxy) is 1. The lowest BCUT2D eigenvalue weighted by Crippen LogP contribution is -2.35. The molecule has 2 aromatic heterocycles. The van der Waals surface area contributed by atoms with Crippen LogP contribution in [0.25, 0.3) is 20.8 Å². The van der Waals surface area contributed by atoms with E-state index in [0.29, 0.717) is 32.6 Å². The number of nitrogens with two attached hydrogens (primary N) is 1. The fourth-order valence-electron chi connectivity index (χ4n) is 4.00. The van der Waals surface area contributed by atoms with Crippen molar-refractivity contribution in [2.45, 2.75) is 19.6 Å². The minimum absolute atomic E-state index is 0.235. The van der Waals surface area contributed by atoms with Gasteiger partial charge < -0.3 is 20.7 Å². The lowest BCUT2D eigenvalue weighted by atomic mass is 10.0. The molecule has 8 nitrogen and oxygen atoms in total. The van der Waals surface area contributed by atoms with Crippen LogP contribution >= 0.6 is 22.7 Å². The van der Waals surface area contributed by atoms with E-state index in [9.17, 15) is 9.59 Å². The largest absolute Gasteiger partial charge is 0.445 e. The standard InChI is InChI=1S/C25H25N5O3S2/c26-11-12-27-24(31)29-23-21(22-28-18-8-4-5-9-19(18)34-22)17-10-13-30(14-20(17)35-23)25(32)33-15-16-6-2-1-3-7-16/h1-9H,10-15,26H2,(H2,27,29,31). The number of rotatable bonds is 6. The van der Waals surface area contributed by atoms with Crippen LogP contribution in [0.3, 0.4) is 0 Å². The first-order valence-corrected chi connectivity index (χ1v) is 13.0. The first-order valence-electron chi connectivity index (χ1n) is 11.3. The van der Waals surface area contributed by atoms with Crippen LogP contribution in [-0.4, -0.2) is 41.6 Å². The number of benzene rings is 2. The van der Waals surface area contributed by atoms with Gasteiger partial charge in [-0.1, -0.05) is 42.5 Å². The van der Waals surface area contributed by atoms with Crippen LogP contribution in [0.4, 0.5) is 14.6 Å². The number of urea groups is 1. The van der Waals surface area contributed by atoms with E-state index in [0.717, 1.165) is 41.8 Å². The Hall–Kier alpha value is -3.47. The van der Waals surface area contributed by atoms with E-state index < -0.39 is 0 Å². The molecule has 3 amide bonds. The number of carbonyl (C=O) groups excluding carboxylic acids is 2. The second kappa shape index (κ2) is 10.4. The number of anilines is 1. The molecule has 2 aromatic carbocycles. The van der Waals surface area contributed by atoms with Crippen molar-refractivity contribution in [1.82, 2.24) is 15.2 Å². The minimum Gasteiger partial charge on any atom is -0.445 e. The van der Waals surface area contributed by atoms with Gasteiger partial charge in [0.05, 0.1) is 16.8 Å². The fraction of sp³-hybridized carbons (Fsp3) is 0.240. The smallest absolute Gasteiger partial charge is 0.410 e. The number of para-hydroxylation sites is 1. The van der Waals surface area contributed by atoms with Gasteiger partial charge in [0.2, 0.25) is 0 Å². The summed E-state index contributed by atoms with van der Waals surface area (Å²) in [5.41, 5.74) is 9.45. The van der Waals surface area contributed by atoms with Crippen molar-refractivity contribution in [2.24, 2.45) is 5.73 Å². The molecule has 0 aliphatic carbocycles. The number of hydrogen-bond donors (Lipinski definition) is 3. The Kier molecular flexibility index (Phi) is 6.94. The number of carbonyl (C=O) groups is 2. The van der Waals surface area contributed by atoms with Crippen LogP contribution in [0.5, 0.6) is 0 Å². The molecule has 3 heterocycles. The van der Waals surface area contributed by atoms with E-state index >= 15 is 0 Å². The predicted molar refractivity (Wildman–Crippen MR) is 140 cm³/mol. The zero-order valence-electron chi connectivity index (χ0n) is 19.0. The third-order valence-corrected chi connectivity index (χ3v) is 7.87. The second-order valence-corrected chi connectivity index (χ2v) is 10.2. The minimum atomic E-state index is -0.343. The lowest BCUT2D eigenvalue weighted by molar-refractivity contribution is 0.0924. The number of thiazole rings is 1. The first kappa shape index (κ1) is 23.3. The number of thiophene rings is 1. The van der Waals surface area contributed by atoms with Gasteiger partial charge in [0.1, 0.15) is 16.6 Å². The number of hydrogen-bond acceptors (Lipinski definition) is 7. The van der Waals surface area contributed by atoms with Crippen LogP contribution in [-0.2, 0) is 24.3 Å². The van der Waals surface area contributed by atoms with E-state index in [1.807, 2.05) is 54.6 Å². The number of amides is 3. The lowest BCUT2D eigenvalue weighted by Gasteiger charge is -2.26. The summed E-state index contributed by atoms with van der Waals surface area (Å²) in [6.45, 7) is 1.94. The third-order valence-electron chi connectivity index (χ3n) is 5.68. The molecule has 0 saturated carbocycles. The van der Waals surface area contributed by atoms with E-state index in [2.05, 4.69) is 10.6 Å². The van der Waals surface area contributed by atoms with E-state index in [4.69, 9.17) is 15.5 Å². The molecule has 0 radical (unpaired) electrons. The highest BCUT2D eigenvalue weighted by Gasteiger charge is 2.30. The molecule has 4 aromatic rings. The van der Waals surface area contributed by atoms with Crippen LogP contribution in [0.15, 0.2) is 54.6 Å². The Labute approximate surface area is 210 Å². The number of nitrogens with one attached hydrogen (secondary N) is 2. The molecular weight excluding hydrogens is 482 g/mol. The second-order valence-electron chi connectivity index (χ2n) is 8.08. The average molecular weight is 508 g/mol. The van der Waals surface area contributed by atoms with Gasteiger partial charge in [-0.3, -0.25) is 5.32 Å². The molecule has 10 heteroatoms. The summed E-state index contributed by atoms with van der Waals surface area (Å²) in [4.78, 5) is 32.8. The molecular formula is C25H25N5O3S2. The molecule has 5 rings (SSSR count). The quantitative estimate of drug-likeness (QED) is 0.347. The molecule has 4 N–H and O–H groups in total. The van der Waals surface area contributed by atoms with Gasteiger partial charge in [-0.25, -0.2) is 14.6 Å². The summed E-state index contributed by atoms with van der Waals surface area (Å²) in [5.74, 6) is 0. The highest BCUT2D eigenvalue weighted by atomic mass is 32.1. The molecule has 0 saturated heterocycles. The topological polar surface area (TPSA) is 110 Å². The van der Waals surface area contributed by atoms with Gasteiger partial charge in [-0.15, -0.1) is 22.7 Å². The SMILES string of the molecule is NCCNC(=O)Nc1sc2c(c1-c1nc3ccccc3s1)CCN(C(=O)OCc1ccccc1)C2. The Morgan fingerprint density at radius 1 is 1.09 bits per heavy atom. The zero-order valence-corrected chi connectivity index (χ0v) is 20.6. The Morgan fingerprint density at radius 3 is 2.69 bits per heavy atom. The maximum Gasteiger partial charge on any atom is 0.410 e. The molecule has 0 fully saturated rings. The average Bonchev–Trinajstić information content (AvgIpc) is 3.46. The molecule has 0 spiro atoms. The van der Waals surface area contributed by atoms with Gasteiger partial charge >= 0.3 is 12.1 Å². The molecule has 0 unspecified atom stereocenters. The Bertz CT molecular complexity index is 1320. The number of fused-ring (bicyclic) bond motifs is 2. The summed E-state index contributed by atoms with van der Waals surface area (Å²) in [6, 6.07) is 17.3. The first-order chi connectivity index (χ1) is 17.1. The summed E-state index contributed by atoms with van der Waals surface area (Å²) < 4.78 is 6.63. The maximum absolute atomic E-state index is 12.8. The van der Waals surface area contributed by atoms with Gasteiger partial charge in [-0.05, 0) is 29.7 Å². The number of nitrogens with zero attached hydrogens (tertiary/aromatic N) is 2. The Balaban J connectivity index is 1.40. The maximum atomic E-state index is 12.8. The summed E-state index contributed by atoms with van der Waals surface area (Å²) in [6.07, 6.45) is 0.313. The van der Waals surface area contributed by atoms with Crippen LogP contribution in [0.1, 0.15) is 16.0 Å². The van der Waals surface area contributed by atoms with Crippen LogP contribution < -0.4 is 16.4 Å². The van der Waals surface area contributed by atoms with Gasteiger partial charge in [0, 0.05) is 30.1 Å². The monoisotopic (exact) mass is 507 g/mol.